The molecule has 3 atom stereocenters. The Morgan fingerprint density at radius 2 is 1.51 bits per heavy atom. The van der Waals surface area contributed by atoms with E-state index in [2.05, 4.69) is 16.0 Å². The number of carbonyl (C=O) groups excluding carboxylic acids is 3. The summed E-state index contributed by atoms with van der Waals surface area (Å²) < 4.78 is 0. The van der Waals surface area contributed by atoms with Crippen LogP contribution in [-0.2, 0) is 16.0 Å². The van der Waals surface area contributed by atoms with Crippen molar-refractivity contribution in [1.82, 2.24) is 16.0 Å². The van der Waals surface area contributed by atoms with E-state index in [9.17, 15) is 19.5 Å². The van der Waals surface area contributed by atoms with Gasteiger partial charge in [-0.05, 0) is 34.4 Å². The maximum absolute atomic E-state index is 13.3. The number of nitrogens with one attached hydrogen (secondary N) is 3. The van der Waals surface area contributed by atoms with Crippen LogP contribution in [0.3, 0.4) is 0 Å². The summed E-state index contributed by atoms with van der Waals surface area (Å²) >= 11 is 0. The first kappa shape index (κ1) is 29.8. The van der Waals surface area contributed by atoms with Crippen molar-refractivity contribution >= 4 is 40.9 Å². The lowest BCUT2D eigenvalue weighted by Crippen LogP contribution is -2.56. The lowest BCUT2D eigenvalue weighted by molar-refractivity contribution is -0.130. The van der Waals surface area contributed by atoms with Crippen LogP contribution in [0.5, 0.6) is 0 Å². The Bertz CT molecular complexity index is 1190. The largest absolute Gasteiger partial charge is 0.390 e. The molecule has 0 radical (unpaired) electrons. The second-order valence-corrected chi connectivity index (χ2v) is 9.14. The standard InChI is InChI=1S/C28H34N4O4.ClH/c1-18(2)25(32-26(34)21-9-4-3-5-10-21)28(36)31-24(27(35)30-17-23(33)16-29)15-19-12-13-20-8-6-7-11-22(20)14-19;/h3-14,18,23-25,33H,15-17,29H2,1-2H3,(H,30,35)(H,31,36)(H,32,34);1H/t23?,24-,25?;/m1./s1. The van der Waals surface area contributed by atoms with E-state index < -0.39 is 30.0 Å². The minimum atomic E-state index is -0.918. The fraction of sp³-hybridized carbons (Fsp3) is 0.321. The zero-order valence-electron chi connectivity index (χ0n) is 21.0. The SMILES string of the molecule is CC(C)C(NC(=O)c1ccccc1)C(=O)N[C@H](Cc1ccc2ccccc2c1)C(=O)NCC(O)CN.Cl. The summed E-state index contributed by atoms with van der Waals surface area (Å²) in [5, 5.41) is 20.1. The third-order valence-corrected chi connectivity index (χ3v) is 5.94. The highest BCUT2D eigenvalue weighted by Crippen LogP contribution is 2.17. The molecule has 0 heterocycles. The van der Waals surface area contributed by atoms with E-state index in [1.54, 1.807) is 30.3 Å². The lowest BCUT2D eigenvalue weighted by Gasteiger charge is -2.26. The van der Waals surface area contributed by atoms with Gasteiger partial charge in [0.25, 0.3) is 5.91 Å². The van der Waals surface area contributed by atoms with Gasteiger partial charge in [-0.1, -0.05) is 74.5 Å². The maximum Gasteiger partial charge on any atom is 0.251 e. The molecule has 0 aliphatic rings. The maximum atomic E-state index is 13.3. The molecule has 0 aromatic heterocycles. The minimum Gasteiger partial charge on any atom is -0.390 e. The molecular weight excluding hydrogens is 492 g/mol. The van der Waals surface area contributed by atoms with E-state index in [4.69, 9.17) is 5.73 Å². The molecule has 0 fully saturated rings. The van der Waals surface area contributed by atoms with Gasteiger partial charge in [0.1, 0.15) is 12.1 Å². The molecule has 9 heteroatoms. The molecule has 3 amide bonds. The summed E-state index contributed by atoms with van der Waals surface area (Å²) in [6.45, 7) is 3.62. The summed E-state index contributed by atoms with van der Waals surface area (Å²) in [7, 11) is 0. The number of carbonyl (C=O) groups is 3. The number of aliphatic hydroxyl groups is 1. The molecule has 3 aromatic rings. The van der Waals surface area contributed by atoms with E-state index >= 15 is 0 Å². The van der Waals surface area contributed by atoms with Gasteiger partial charge in [0.2, 0.25) is 11.8 Å². The van der Waals surface area contributed by atoms with Gasteiger partial charge >= 0.3 is 0 Å². The van der Waals surface area contributed by atoms with Gasteiger partial charge in [-0.3, -0.25) is 14.4 Å². The zero-order valence-corrected chi connectivity index (χ0v) is 21.8. The van der Waals surface area contributed by atoms with Crippen molar-refractivity contribution in [3.05, 3.63) is 83.9 Å². The second kappa shape index (κ2) is 14.3. The van der Waals surface area contributed by atoms with E-state index in [0.717, 1.165) is 16.3 Å². The van der Waals surface area contributed by atoms with Crippen LogP contribution >= 0.6 is 12.4 Å². The molecule has 3 aromatic carbocycles. The Morgan fingerprint density at radius 1 is 0.865 bits per heavy atom. The molecule has 0 bridgehead atoms. The van der Waals surface area contributed by atoms with Crippen LogP contribution in [0.4, 0.5) is 0 Å². The fourth-order valence-electron chi connectivity index (χ4n) is 3.85. The van der Waals surface area contributed by atoms with Crippen LogP contribution in [-0.4, -0.2) is 54.1 Å². The number of aliphatic hydroxyl groups excluding tert-OH is 1. The van der Waals surface area contributed by atoms with Crippen molar-refractivity contribution in [3.63, 3.8) is 0 Å². The Balaban J connectivity index is 0.00000481. The highest BCUT2D eigenvalue weighted by Gasteiger charge is 2.29. The van der Waals surface area contributed by atoms with E-state index in [1.165, 1.54) is 0 Å². The topological polar surface area (TPSA) is 134 Å². The van der Waals surface area contributed by atoms with Gasteiger partial charge < -0.3 is 26.8 Å². The summed E-state index contributed by atoms with van der Waals surface area (Å²) in [6.07, 6.45) is -0.655. The molecule has 3 rings (SSSR count). The quantitative estimate of drug-likeness (QED) is 0.261. The average molecular weight is 527 g/mol. The van der Waals surface area contributed by atoms with Crippen LogP contribution in [0.15, 0.2) is 72.8 Å². The summed E-state index contributed by atoms with van der Waals surface area (Å²) in [6, 6.07) is 20.6. The normalized spacial score (nSPS) is 13.2. The van der Waals surface area contributed by atoms with Gasteiger partial charge in [-0.25, -0.2) is 0 Å². The average Bonchev–Trinajstić information content (AvgIpc) is 2.89. The third-order valence-electron chi connectivity index (χ3n) is 5.94. The van der Waals surface area contributed by atoms with Crippen molar-refractivity contribution in [2.24, 2.45) is 11.7 Å². The number of fused-ring (bicyclic) bond motifs is 1. The highest BCUT2D eigenvalue weighted by atomic mass is 35.5. The molecule has 0 saturated carbocycles. The lowest BCUT2D eigenvalue weighted by atomic mass is 9.99. The van der Waals surface area contributed by atoms with Crippen LogP contribution in [0, 0.1) is 5.92 Å². The summed E-state index contributed by atoms with van der Waals surface area (Å²) in [5.74, 6) is -1.50. The number of rotatable bonds is 11. The number of halogens is 1. The van der Waals surface area contributed by atoms with Crippen LogP contribution in [0.25, 0.3) is 10.8 Å². The van der Waals surface area contributed by atoms with Gasteiger partial charge in [-0.2, -0.15) is 0 Å². The number of hydrogen-bond acceptors (Lipinski definition) is 5. The Hall–Kier alpha value is -3.46. The molecule has 0 aliphatic heterocycles. The van der Waals surface area contributed by atoms with Crippen molar-refractivity contribution in [3.8, 4) is 0 Å². The molecule has 37 heavy (non-hydrogen) atoms. The highest BCUT2D eigenvalue weighted by molar-refractivity contribution is 5.98. The third kappa shape index (κ3) is 8.56. The van der Waals surface area contributed by atoms with Crippen LogP contribution in [0.1, 0.15) is 29.8 Å². The molecule has 198 valence electrons. The van der Waals surface area contributed by atoms with Crippen LogP contribution in [0.2, 0.25) is 0 Å². The number of nitrogens with two attached hydrogens (primary N) is 1. The molecule has 0 aliphatic carbocycles. The van der Waals surface area contributed by atoms with Gasteiger partial charge in [0.15, 0.2) is 0 Å². The monoisotopic (exact) mass is 526 g/mol. The van der Waals surface area contributed by atoms with Crippen molar-refractivity contribution in [2.45, 2.75) is 38.5 Å². The fourth-order valence-corrected chi connectivity index (χ4v) is 3.85. The van der Waals surface area contributed by atoms with Crippen LogP contribution < -0.4 is 21.7 Å². The molecule has 6 N–H and O–H groups in total. The minimum absolute atomic E-state index is 0. The molecule has 2 unspecified atom stereocenters. The van der Waals surface area contributed by atoms with Crippen molar-refractivity contribution in [1.29, 1.82) is 0 Å². The van der Waals surface area contributed by atoms with Crippen molar-refractivity contribution in [2.75, 3.05) is 13.1 Å². The van der Waals surface area contributed by atoms with E-state index in [-0.39, 0.29) is 43.7 Å². The summed E-state index contributed by atoms with van der Waals surface area (Å²) in [5.41, 5.74) is 6.75. The number of amides is 3. The van der Waals surface area contributed by atoms with Crippen molar-refractivity contribution < 1.29 is 19.5 Å². The van der Waals surface area contributed by atoms with Gasteiger partial charge in [-0.15, -0.1) is 12.4 Å². The first-order chi connectivity index (χ1) is 17.3. The van der Waals surface area contributed by atoms with E-state index in [0.29, 0.717) is 5.56 Å². The molecule has 8 nitrogen and oxygen atoms in total. The molecule has 0 spiro atoms. The predicted octanol–water partition coefficient (Wildman–Crippen LogP) is 2.18. The smallest absolute Gasteiger partial charge is 0.251 e. The van der Waals surface area contributed by atoms with Gasteiger partial charge in [0, 0.05) is 25.1 Å². The molecular formula is C28H35ClN4O4. The molecule has 0 saturated heterocycles. The Kier molecular flexibility index (Phi) is 11.5. The zero-order chi connectivity index (χ0) is 26.1. The number of benzene rings is 3. The first-order valence-electron chi connectivity index (χ1n) is 12.1. The first-order valence-corrected chi connectivity index (χ1v) is 12.1. The Labute approximate surface area is 223 Å². The van der Waals surface area contributed by atoms with E-state index in [1.807, 2.05) is 56.3 Å². The summed E-state index contributed by atoms with van der Waals surface area (Å²) in [4.78, 5) is 39.0. The number of hydrogen-bond donors (Lipinski definition) is 5. The second-order valence-electron chi connectivity index (χ2n) is 9.14. The predicted molar refractivity (Wildman–Crippen MR) is 147 cm³/mol. The van der Waals surface area contributed by atoms with Gasteiger partial charge in [0.05, 0.1) is 6.10 Å². The Morgan fingerprint density at radius 3 is 2.16 bits per heavy atom.